The monoisotopic (exact) mass is 598 g/mol. The number of hydrogen-bond acceptors (Lipinski definition) is 10. The molecule has 5 rings (SSSR count). The van der Waals surface area contributed by atoms with Gasteiger partial charge in [0.1, 0.15) is 17.8 Å². The molecule has 10 nitrogen and oxygen atoms in total. The normalized spacial score (nSPS) is 38.5. The van der Waals surface area contributed by atoms with Crippen molar-refractivity contribution in [3.63, 3.8) is 0 Å². The summed E-state index contributed by atoms with van der Waals surface area (Å²) in [5, 5.41) is 23.6. The lowest BCUT2D eigenvalue weighted by Crippen LogP contribution is -2.73. The molecule has 2 saturated carbocycles. The minimum atomic E-state index is -1.99. The molecule has 10 heteroatoms. The predicted molar refractivity (Wildman–Crippen MR) is 152 cm³/mol. The van der Waals surface area contributed by atoms with E-state index in [0.29, 0.717) is 43.3 Å². The predicted octanol–water partition coefficient (Wildman–Crippen LogP) is 3.81. The molecule has 8 atom stereocenters. The number of ether oxygens (including phenoxy) is 4. The molecule has 1 aromatic carbocycles. The first kappa shape index (κ1) is 31.3. The van der Waals surface area contributed by atoms with Crippen LogP contribution >= 0.6 is 0 Å². The molecule has 43 heavy (non-hydrogen) atoms. The number of allylic oxidation sites excluding steroid dienone is 1. The summed E-state index contributed by atoms with van der Waals surface area (Å²) in [6.07, 6.45) is -2.95. The van der Waals surface area contributed by atoms with Gasteiger partial charge >= 0.3 is 17.9 Å². The molecular formula is C33H42O10. The Morgan fingerprint density at radius 3 is 2.16 bits per heavy atom. The van der Waals surface area contributed by atoms with E-state index >= 15 is 0 Å². The standard InChI is InChI=1S/C33H42O10/c1-18-22(36)17-33(39)28(42-29(38)21-11-8-7-9-12-21)26-31(6,14-10-15-32(26)16-13-23(37)43-32)27(41-20(3)35)25(40-19(2)34)24(18)30(33,4)5/h7-9,11-12,23,25-28,37,39H,10,13-17H2,1-6H3/t23?,25-,26+,27+,28+,31-,32-,33-/m1/s1. The maximum Gasteiger partial charge on any atom is 0.338 e. The van der Waals surface area contributed by atoms with Gasteiger partial charge in [-0.05, 0) is 55.9 Å². The van der Waals surface area contributed by atoms with Crippen molar-refractivity contribution < 1.29 is 48.3 Å². The third-order valence-corrected chi connectivity index (χ3v) is 10.6. The van der Waals surface area contributed by atoms with Crippen LogP contribution in [0.4, 0.5) is 0 Å². The molecule has 3 aliphatic carbocycles. The Balaban J connectivity index is 1.84. The second-order valence-electron chi connectivity index (χ2n) is 13.5. The highest BCUT2D eigenvalue weighted by atomic mass is 16.6. The molecule has 3 fully saturated rings. The number of hydrogen-bond donors (Lipinski definition) is 2. The molecule has 1 heterocycles. The van der Waals surface area contributed by atoms with Crippen molar-refractivity contribution >= 4 is 23.7 Å². The Hall–Kier alpha value is -3.08. The van der Waals surface area contributed by atoms with Crippen LogP contribution in [0.3, 0.4) is 0 Å². The van der Waals surface area contributed by atoms with Gasteiger partial charge in [0.2, 0.25) is 0 Å². The van der Waals surface area contributed by atoms with E-state index in [1.54, 1.807) is 51.1 Å². The van der Waals surface area contributed by atoms with Gasteiger partial charge in [-0.25, -0.2) is 4.79 Å². The molecular weight excluding hydrogens is 556 g/mol. The lowest BCUT2D eigenvalue weighted by atomic mass is 9.46. The number of aliphatic hydroxyl groups is 2. The largest absolute Gasteiger partial charge is 0.458 e. The Morgan fingerprint density at radius 2 is 1.58 bits per heavy atom. The topological polar surface area (TPSA) is 146 Å². The van der Waals surface area contributed by atoms with E-state index in [-0.39, 0.29) is 12.0 Å². The summed E-state index contributed by atoms with van der Waals surface area (Å²) >= 11 is 0. The minimum absolute atomic E-state index is 0.258. The van der Waals surface area contributed by atoms with Crippen molar-refractivity contribution in [2.75, 3.05) is 0 Å². The third kappa shape index (κ3) is 4.91. The highest BCUT2D eigenvalue weighted by Crippen LogP contribution is 2.65. The van der Waals surface area contributed by atoms with Crippen molar-refractivity contribution in [2.24, 2.45) is 16.7 Å². The van der Waals surface area contributed by atoms with Crippen LogP contribution in [0.1, 0.15) is 90.4 Å². The molecule has 2 N–H and O–H groups in total. The fourth-order valence-electron chi connectivity index (χ4n) is 8.64. The number of benzene rings is 1. The molecule has 0 radical (unpaired) electrons. The second kappa shape index (κ2) is 10.8. The second-order valence-corrected chi connectivity index (χ2v) is 13.5. The van der Waals surface area contributed by atoms with Crippen LogP contribution in [0, 0.1) is 16.7 Å². The van der Waals surface area contributed by atoms with Gasteiger partial charge in [-0.2, -0.15) is 0 Å². The highest BCUT2D eigenvalue weighted by molar-refractivity contribution is 5.98. The van der Waals surface area contributed by atoms with E-state index in [1.165, 1.54) is 13.8 Å². The lowest BCUT2D eigenvalue weighted by Gasteiger charge is -2.64. The maximum atomic E-state index is 13.8. The number of esters is 3. The molecule has 0 aromatic heterocycles. The van der Waals surface area contributed by atoms with Crippen LogP contribution in [-0.2, 0) is 33.3 Å². The van der Waals surface area contributed by atoms with Crippen molar-refractivity contribution in [3.05, 3.63) is 47.0 Å². The zero-order valence-corrected chi connectivity index (χ0v) is 25.7. The fraction of sp³-hybridized carbons (Fsp3) is 0.636. The Kier molecular flexibility index (Phi) is 7.89. The average Bonchev–Trinajstić information content (AvgIpc) is 3.29. The van der Waals surface area contributed by atoms with Crippen molar-refractivity contribution in [1.29, 1.82) is 0 Å². The average molecular weight is 599 g/mol. The molecule has 1 unspecified atom stereocenters. The third-order valence-electron chi connectivity index (χ3n) is 10.6. The number of fused-ring (bicyclic) bond motifs is 4. The van der Waals surface area contributed by atoms with Crippen LogP contribution in [0.2, 0.25) is 0 Å². The number of aliphatic hydroxyl groups excluding tert-OH is 1. The van der Waals surface area contributed by atoms with E-state index in [0.717, 1.165) is 0 Å². The number of carbonyl (C=O) groups is 4. The lowest BCUT2D eigenvalue weighted by molar-refractivity contribution is -0.281. The zero-order valence-electron chi connectivity index (χ0n) is 25.7. The van der Waals surface area contributed by atoms with Gasteiger partial charge in [0.25, 0.3) is 0 Å². The Morgan fingerprint density at radius 1 is 0.930 bits per heavy atom. The summed E-state index contributed by atoms with van der Waals surface area (Å²) < 4.78 is 24.7. The van der Waals surface area contributed by atoms with Crippen LogP contribution in [-0.4, -0.2) is 69.7 Å². The van der Waals surface area contributed by atoms with Crippen molar-refractivity contribution in [3.8, 4) is 0 Å². The maximum absolute atomic E-state index is 13.8. The first-order chi connectivity index (χ1) is 20.1. The van der Waals surface area contributed by atoms with E-state index in [2.05, 4.69) is 0 Å². The molecule has 234 valence electrons. The van der Waals surface area contributed by atoms with E-state index < -0.39 is 76.2 Å². The van der Waals surface area contributed by atoms with Crippen molar-refractivity contribution in [1.82, 2.24) is 0 Å². The van der Waals surface area contributed by atoms with Gasteiger partial charge in [-0.15, -0.1) is 0 Å². The summed E-state index contributed by atoms with van der Waals surface area (Å²) in [6, 6.07) is 8.37. The van der Waals surface area contributed by atoms with E-state index in [1.807, 2.05) is 6.92 Å². The summed E-state index contributed by atoms with van der Waals surface area (Å²) in [7, 11) is 0. The van der Waals surface area contributed by atoms with Crippen LogP contribution in [0.25, 0.3) is 0 Å². The molecule has 4 aliphatic rings. The molecule has 2 bridgehead atoms. The summed E-state index contributed by atoms with van der Waals surface area (Å²) in [6.45, 7) is 9.45. The smallest absolute Gasteiger partial charge is 0.338 e. The Labute approximate surface area is 251 Å². The van der Waals surface area contributed by atoms with E-state index in [9.17, 15) is 29.4 Å². The van der Waals surface area contributed by atoms with Crippen LogP contribution in [0.15, 0.2) is 41.5 Å². The van der Waals surface area contributed by atoms with Gasteiger partial charge in [0.05, 0.1) is 11.2 Å². The number of Topliss-reactive ketones (excluding diaryl/α,β-unsaturated/α-hetero) is 1. The van der Waals surface area contributed by atoms with Gasteiger partial charge in [0.15, 0.2) is 18.2 Å². The number of carbonyl (C=O) groups excluding carboxylic acids is 4. The van der Waals surface area contributed by atoms with E-state index in [4.69, 9.17) is 18.9 Å². The quantitative estimate of drug-likeness (QED) is 0.388. The molecule has 1 saturated heterocycles. The molecule has 1 aromatic rings. The first-order valence-electron chi connectivity index (χ1n) is 15.0. The number of rotatable bonds is 4. The van der Waals surface area contributed by atoms with Gasteiger partial charge in [0, 0.05) is 43.4 Å². The molecule has 0 amide bonds. The summed E-state index contributed by atoms with van der Waals surface area (Å²) in [5.41, 5.74) is -4.64. The highest BCUT2D eigenvalue weighted by Gasteiger charge is 2.73. The molecule has 1 aliphatic heterocycles. The van der Waals surface area contributed by atoms with Gasteiger partial charge < -0.3 is 29.2 Å². The van der Waals surface area contributed by atoms with Crippen LogP contribution in [0.5, 0.6) is 0 Å². The number of ketones is 1. The molecule has 1 spiro atoms. The SMILES string of the molecule is CC(=O)O[C@@H]1C2=C(C)C(=O)C[C@@](O)([C@@H](OC(=O)c3ccccc3)[C@@H]3[C@@]4(CCC[C@@]3(C)[C@H]1OC(C)=O)CCC(O)O4)C2(C)C. The summed E-state index contributed by atoms with van der Waals surface area (Å²) in [4.78, 5) is 53.0. The fourth-order valence-corrected chi connectivity index (χ4v) is 8.64. The zero-order chi connectivity index (χ0) is 31.5. The first-order valence-corrected chi connectivity index (χ1v) is 15.0. The van der Waals surface area contributed by atoms with Crippen LogP contribution < -0.4 is 0 Å². The Bertz CT molecular complexity index is 1350. The van der Waals surface area contributed by atoms with Gasteiger partial charge in [-0.3, -0.25) is 14.4 Å². The summed E-state index contributed by atoms with van der Waals surface area (Å²) in [5.74, 6) is -3.25. The minimum Gasteiger partial charge on any atom is -0.458 e. The van der Waals surface area contributed by atoms with Crippen molar-refractivity contribution in [2.45, 2.75) is 116 Å². The van der Waals surface area contributed by atoms with Gasteiger partial charge in [-0.1, -0.05) is 39.0 Å².